The molecule has 4 N–H and O–H groups in total. The molecule has 1 saturated heterocycles. The molecule has 11 heteroatoms. The van der Waals surface area contributed by atoms with Crippen LogP contribution in [-0.2, 0) is 39.5 Å². The number of anilines is 1. The van der Waals surface area contributed by atoms with E-state index >= 15 is 0 Å². The van der Waals surface area contributed by atoms with Crippen molar-refractivity contribution in [3.05, 3.63) is 33.6 Å². The van der Waals surface area contributed by atoms with E-state index in [1.807, 2.05) is 11.8 Å². The van der Waals surface area contributed by atoms with Crippen LogP contribution in [0.15, 0.2) is 14.9 Å². The molecular weight excluding hydrogens is 454 g/mol. The van der Waals surface area contributed by atoms with Crippen molar-refractivity contribution in [1.82, 2.24) is 9.97 Å². The Morgan fingerprint density at radius 3 is 2.87 bits per heavy atom. The number of nitrogens with one attached hydrogen (secondary N) is 1. The van der Waals surface area contributed by atoms with Gasteiger partial charge in [-0.1, -0.05) is 0 Å². The lowest BCUT2D eigenvalue weighted by molar-refractivity contribution is 0.0823. The fourth-order valence-corrected chi connectivity index (χ4v) is 7.83. The number of nitrogens with two attached hydrogens (primary N) is 1. The predicted octanol–water partition coefficient (Wildman–Crippen LogP) is 3.46. The minimum absolute atomic E-state index is 0.0199. The fourth-order valence-electron chi connectivity index (χ4n) is 4.48. The summed E-state index contributed by atoms with van der Waals surface area (Å²) >= 11 is 2.93. The molecule has 3 atom stereocenters. The second kappa shape index (κ2) is 6.98. The highest BCUT2D eigenvalue weighted by Crippen LogP contribution is 2.66. The zero-order valence-electron chi connectivity index (χ0n) is 17.6. The van der Waals surface area contributed by atoms with E-state index in [9.17, 15) is 14.1 Å². The second-order valence-electron chi connectivity index (χ2n) is 8.98. The van der Waals surface area contributed by atoms with E-state index in [1.165, 1.54) is 6.20 Å². The van der Waals surface area contributed by atoms with Gasteiger partial charge in [0.05, 0.1) is 26.6 Å². The van der Waals surface area contributed by atoms with Crippen molar-refractivity contribution in [2.45, 2.75) is 72.8 Å². The zero-order chi connectivity index (χ0) is 22.2. The first kappa shape index (κ1) is 21.3. The van der Waals surface area contributed by atoms with Crippen molar-refractivity contribution in [2.24, 2.45) is 9.50 Å². The summed E-state index contributed by atoms with van der Waals surface area (Å²) in [6, 6.07) is -0.745. The van der Waals surface area contributed by atoms with Crippen LogP contribution < -0.4 is 10.5 Å². The summed E-state index contributed by atoms with van der Waals surface area (Å²) < 4.78 is 16.8. The molecule has 5 rings (SSSR count). The van der Waals surface area contributed by atoms with Crippen LogP contribution in [0.4, 0.5) is 10.5 Å². The first-order valence-electron chi connectivity index (χ1n) is 10.3. The van der Waals surface area contributed by atoms with Gasteiger partial charge in [0.1, 0.15) is 0 Å². The second-order valence-corrected chi connectivity index (χ2v) is 13.6. The van der Waals surface area contributed by atoms with E-state index in [0.717, 1.165) is 71.6 Å². The molecule has 166 valence electrons. The summed E-state index contributed by atoms with van der Waals surface area (Å²) in [4.78, 5) is 22.4. The zero-order valence-corrected chi connectivity index (χ0v) is 20.0. The maximum Gasteiger partial charge on any atom is 0.354 e. The summed E-state index contributed by atoms with van der Waals surface area (Å²) in [5.41, 5.74) is 3.91. The first-order valence-corrected chi connectivity index (χ1v) is 13.5. The predicted molar refractivity (Wildman–Crippen MR) is 123 cm³/mol. The number of aliphatic hydroxyl groups is 1. The SMILES string of the molecule is CC(C)(O)c1cnc(S(N)(=O)=NC(=O)Nc2c3c(nc4c2CCC2S[C@]42C)CCC3)s1. The Bertz CT molecular complexity index is 1230. The maximum atomic E-state index is 13.0. The van der Waals surface area contributed by atoms with E-state index in [4.69, 9.17) is 10.1 Å². The topological polar surface area (TPSA) is 131 Å². The first-order chi connectivity index (χ1) is 14.5. The molecule has 2 aromatic rings. The Hall–Kier alpha value is -1.53. The molecule has 1 fully saturated rings. The molecule has 2 amide bonds. The van der Waals surface area contributed by atoms with Gasteiger partial charge in [0.15, 0.2) is 9.92 Å². The number of hydrogen-bond acceptors (Lipinski definition) is 7. The number of rotatable bonds is 3. The third-order valence-corrected chi connectivity index (χ3v) is 11.0. The Morgan fingerprint density at radius 2 is 2.16 bits per heavy atom. The largest absolute Gasteiger partial charge is 0.385 e. The molecule has 0 aromatic carbocycles. The molecular formula is C20H25N5O3S3. The van der Waals surface area contributed by atoms with Gasteiger partial charge in [0.25, 0.3) is 0 Å². The van der Waals surface area contributed by atoms with Gasteiger partial charge in [-0.3, -0.25) is 4.98 Å². The van der Waals surface area contributed by atoms with Crippen molar-refractivity contribution in [3.8, 4) is 0 Å². The van der Waals surface area contributed by atoms with Crippen molar-refractivity contribution < 1.29 is 14.1 Å². The number of carbonyl (C=O) groups is 1. The number of hydrogen-bond donors (Lipinski definition) is 3. The van der Waals surface area contributed by atoms with E-state index in [1.54, 1.807) is 13.8 Å². The molecule has 3 aliphatic rings. The summed E-state index contributed by atoms with van der Waals surface area (Å²) in [7, 11) is -3.53. The Labute approximate surface area is 189 Å². The lowest BCUT2D eigenvalue weighted by atomic mass is 9.85. The highest BCUT2D eigenvalue weighted by Gasteiger charge is 2.57. The number of fused-ring (bicyclic) bond motifs is 4. The molecule has 3 heterocycles. The Morgan fingerprint density at radius 1 is 1.39 bits per heavy atom. The smallest absolute Gasteiger partial charge is 0.354 e. The quantitative estimate of drug-likeness (QED) is 0.578. The number of pyridine rings is 1. The number of aromatic nitrogens is 2. The molecule has 8 nitrogen and oxygen atoms in total. The Balaban J connectivity index is 1.49. The minimum Gasteiger partial charge on any atom is -0.385 e. The van der Waals surface area contributed by atoms with Crippen LogP contribution in [0.3, 0.4) is 0 Å². The van der Waals surface area contributed by atoms with Crippen molar-refractivity contribution in [1.29, 1.82) is 0 Å². The van der Waals surface area contributed by atoms with Crippen LogP contribution in [0, 0.1) is 0 Å². The highest BCUT2D eigenvalue weighted by molar-refractivity contribution is 8.08. The number of urea groups is 1. The summed E-state index contributed by atoms with van der Waals surface area (Å²) in [6.07, 6.45) is 6.10. The average Bonchev–Trinajstić information content (AvgIpc) is 3.06. The number of carbonyl (C=O) groups excluding carboxylic acids is 1. The van der Waals surface area contributed by atoms with E-state index in [0.29, 0.717) is 10.1 Å². The molecule has 0 saturated carbocycles. The lowest BCUT2D eigenvalue weighted by Gasteiger charge is -2.24. The summed E-state index contributed by atoms with van der Waals surface area (Å²) in [6.45, 7) is 5.42. The normalized spacial score (nSPS) is 25.8. The lowest BCUT2D eigenvalue weighted by Crippen LogP contribution is -2.24. The maximum absolute atomic E-state index is 13.0. The standard InChI is InChI=1S/C20H25N5O3S3/c1-19(2,27)14-9-22-18(29-14)31(21,28)25-17(26)24-15-10-5-4-6-12(10)23-16-11(15)7-8-13-20(16,3)30-13/h9,13,27H,4-8H2,1-3H3,(H3,21,23,24,25,26,28)/t13?,20-,31?/m0/s1. The van der Waals surface area contributed by atoms with Crippen LogP contribution in [0.5, 0.6) is 0 Å². The highest BCUT2D eigenvalue weighted by atomic mass is 32.2. The van der Waals surface area contributed by atoms with Crippen molar-refractivity contribution >= 4 is 44.7 Å². The van der Waals surface area contributed by atoms with Crippen LogP contribution in [0.2, 0.25) is 0 Å². The fraction of sp³-hybridized carbons (Fsp3) is 0.550. The van der Waals surface area contributed by atoms with Gasteiger partial charge in [-0.2, -0.15) is 0 Å². The van der Waals surface area contributed by atoms with Crippen molar-refractivity contribution in [2.75, 3.05) is 5.32 Å². The van der Waals surface area contributed by atoms with E-state index in [-0.39, 0.29) is 9.09 Å². The third-order valence-electron chi connectivity index (χ3n) is 6.18. The molecule has 0 bridgehead atoms. The van der Waals surface area contributed by atoms with Crippen LogP contribution >= 0.6 is 23.1 Å². The number of thiazole rings is 1. The summed E-state index contributed by atoms with van der Waals surface area (Å²) in [5, 5.41) is 19.5. The van der Waals surface area contributed by atoms with Crippen molar-refractivity contribution in [3.63, 3.8) is 0 Å². The molecule has 2 aromatic heterocycles. The monoisotopic (exact) mass is 479 g/mol. The molecule has 1 aliphatic heterocycles. The number of amides is 2. The van der Waals surface area contributed by atoms with Gasteiger partial charge in [-0.15, -0.1) is 27.5 Å². The molecule has 0 radical (unpaired) electrons. The average molecular weight is 480 g/mol. The number of thioether (sulfide) groups is 1. The van der Waals surface area contributed by atoms with Gasteiger partial charge in [-0.05, 0) is 64.0 Å². The van der Waals surface area contributed by atoms with Gasteiger partial charge in [-0.25, -0.2) is 19.1 Å². The van der Waals surface area contributed by atoms with Crippen LogP contribution in [0.25, 0.3) is 0 Å². The minimum atomic E-state index is -3.53. The number of aryl methyl sites for hydroxylation is 1. The van der Waals surface area contributed by atoms with Gasteiger partial charge < -0.3 is 10.4 Å². The van der Waals surface area contributed by atoms with Crippen LogP contribution in [0.1, 0.15) is 61.0 Å². The Kier molecular flexibility index (Phi) is 4.80. The third kappa shape index (κ3) is 3.60. The van der Waals surface area contributed by atoms with Crippen LogP contribution in [-0.4, -0.2) is 30.6 Å². The molecule has 31 heavy (non-hydrogen) atoms. The van der Waals surface area contributed by atoms with Gasteiger partial charge in [0, 0.05) is 17.1 Å². The molecule has 0 spiro atoms. The number of nitrogens with zero attached hydrogens (tertiary/aromatic N) is 3. The summed E-state index contributed by atoms with van der Waals surface area (Å²) in [5.74, 6) is 0. The van der Waals surface area contributed by atoms with E-state index in [2.05, 4.69) is 21.6 Å². The van der Waals surface area contributed by atoms with Gasteiger partial charge in [0.2, 0.25) is 4.34 Å². The molecule has 2 aliphatic carbocycles. The molecule has 2 unspecified atom stereocenters. The van der Waals surface area contributed by atoms with E-state index < -0.39 is 21.5 Å². The van der Waals surface area contributed by atoms with Gasteiger partial charge >= 0.3 is 6.03 Å².